The molecule has 2 aliphatic rings. The maximum absolute atomic E-state index is 12.2. The molecule has 1 atom stereocenters. The highest BCUT2D eigenvalue weighted by atomic mass is 16.2. The van der Waals surface area contributed by atoms with Crippen LogP contribution in [0.4, 0.5) is 0 Å². The summed E-state index contributed by atoms with van der Waals surface area (Å²) in [6.45, 7) is 7.01. The van der Waals surface area contributed by atoms with Crippen molar-refractivity contribution in [1.82, 2.24) is 9.80 Å². The molecule has 1 amide bonds. The van der Waals surface area contributed by atoms with E-state index in [1.165, 1.54) is 12.8 Å². The van der Waals surface area contributed by atoms with Crippen LogP contribution in [-0.4, -0.2) is 54.2 Å². The summed E-state index contributed by atoms with van der Waals surface area (Å²) in [5, 5.41) is 0. The second kappa shape index (κ2) is 8.13. The molecule has 3 rings (SSSR count). The number of hydrogen-bond donors (Lipinski definition) is 0. The van der Waals surface area contributed by atoms with Crippen molar-refractivity contribution in [2.24, 2.45) is 5.41 Å². The lowest BCUT2D eigenvalue weighted by Gasteiger charge is -2.48. The van der Waals surface area contributed by atoms with Crippen molar-refractivity contribution >= 4 is 11.7 Å². The first kappa shape index (κ1) is 18.1. The fourth-order valence-corrected chi connectivity index (χ4v) is 4.46. The number of rotatable bonds is 6. The maximum atomic E-state index is 12.2. The number of piperidine rings is 2. The number of likely N-dealkylation sites (tertiary alicyclic amines) is 2. The van der Waals surface area contributed by atoms with Crippen molar-refractivity contribution in [3.63, 3.8) is 0 Å². The summed E-state index contributed by atoms with van der Waals surface area (Å²) in [5.74, 6) is 0.562. The Bertz CT molecular complexity index is 601. The Morgan fingerprint density at radius 3 is 2.72 bits per heavy atom. The molecule has 1 aromatic rings. The molecule has 2 saturated heterocycles. The smallest absolute Gasteiger partial charge is 0.222 e. The number of carbonyl (C=O) groups is 2. The topological polar surface area (TPSA) is 40.6 Å². The van der Waals surface area contributed by atoms with Gasteiger partial charge in [-0.3, -0.25) is 9.59 Å². The Morgan fingerprint density at radius 1 is 1.16 bits per heavy atom. The van der Waals surface area contributed by atoms with Crippen molar-refractivity contribution in [2.45, 2.75) is 45.4 Å². The number of nitrogens with zero attached hydrogens (tertiary/aromatic N) is 2. The van der Waals surface area contributed by atoms with Crippen LogP contribution in [0, 0.1) is 5.41 Å². The summed E-state index contributed by atoms with van der Waals surface area (Å²) in [5.41, 5.74) is 1.10. The first-order valence-corrected chi connectivity index (χ1v) is 9.70. The molecular formula is C21H30N2O2. The number of hydrogen-bond acceptors (Lipinski definition) is 3. The highest BCUT2D eigenvalue weighted by Crippen LogP contribution is 2.38. The molecule has 1 aromatic carbocycles. The van der Waals surface area contributed by atoms with Crippen molar-refractivity contribution < 1.29 is 9.59 Å². The largest absolute Gasteiger partial charge is 0.342 e. The third-order valence-electron chi connectivity index (χ3n) is 5.84. The Balaban J connectivity index is 1.49. The number of carbonyl (C=O) groups excluding carboxylic acids is 2. The fraction of sp³-hybridized carbons (Fsp3) is 0.619. The van der Waals surface area contributed by atoms with Crippen LogP contribution in [-0.2, 0) is 4.79 Å². The summed E-state index contributed by atoms with van der Waals surface area (Å²) in [7, 11) is 0. The van der Waals surface area contributed by atoms with E-state index >= 15 is 0 Å². The average molecular weight is 342 g/mol. The summed E-state index contributed by atoms with van der Waals surface area (Å²) in [4.78, 5) is 28.8. The second-order valence-electron chi connectivity index (χ2n) is 7.68. The van der Waals surface area contributed by atoms with Gasteiger partial charge in [-0.15, -0.1) is 0 Å². The molecule has 25 heavy (non-hydrogen) atoms. The van der Waals surface area contributed by atoms with Gasteiger partial charge in [0.15, 0.2) is 5.78 Å². The van der Waals surface area contributed by atoms with E-state index < -0.39 is 0 Å². The van der Waals surface area contributed by atoms with E-state index in [0.29, 0.717) is 18.7 Å². The van der Waals surface area contributed by atoms with E-state index in [9.17, 15) is 9.59 Å². The molecule has 0 aliphatic carbocycles. The molecule has 2 heterocycles. The van der Waals surface area contributed by atoms with Crippen molar-refractivity contribution in [1.29, 1.82) is 0 Å². The molecule has 0 bridgehead atoms. The third-order valence-corrected chi connectivity index (χ3v) is 5.84. The lowest BCUT2D eigenvalue weighted by atomic mass is 9.73. The van der Waals surface area contributed by atoms with Gasteiger partial charge in [-0.25, -0.2) is 0 Å². The minimum atomic E-state index is 0.243. The van der Waals surface area contributed by atoms with Crippen molar-refractivity contribution in [3.8, 4) is 0 Å². The predicted octanol–water partition coefficient (Wildman–Crippen LogP) is 3.37. The van der Waals surface area contributed by atoms with E-state index in [1.54, 1.807) is 0 Å². The van der Waals surface area contributed by atoms with Gasteiger partial charge in [-0.1, -0.05) is 30.3 Å². The summed E-state index contributed by atoms with van der Waals surface area (Å²) >= 11 is 0. The highest BCUT2D eigenvalue weighted by Gasteiger charge is 2.40. The highest BCUT2D eigenvalue weighted by molar-refractivity contribution is 5.95. The van der Waals surface area contributed by atoms with Gasteiger partial charge in [0.05, 0.1) is 0 Å². The van der Waals surface area contributed by atoms with Crippen LogP contribution in [0.3, 0.4) is 0 Å². The minimum Gasteiger partial charge on any atom is -0.342 e. The SMILES string of the molecule is CCN1C[C@@]2(CCCN(CCCC(=O)c3ccccc3)C2)CCC1=O. The average Bonchev–Trinajstić information content (AvgIpc) is 2.65. The van der Waals surface area contributed by atoms with Gasteiger partial charge >= 0.3 is 0 Å². The van der Waals surface area contributed by atoms with Crippen molar-refractivity contribution in [3.05, 3.63) is 35.9 Å². The van der Waals surface area contributed by atoms with Gasteiger partial charge < -0.3 is 9.80 Å². The minimum absolute atomic E-state index is 0.243. The molecule has 0 saturated carbocycles. The van der Waals surface area contributed by atoms with Crippen LogP contribution in [0.5, 0.6) is 0 Å². The van der Waals surface area contributed by atoms with E-state index in [0.717, 1.165) is 51.1 Å². The molecule has 2 fully saturated rings. The van der Waals surface area contributed by atoms with E-state index in [4.69, 9.17) is 0 Å². The quantitative estimate of drug-likeness (QED) is 0.744. The molecule has 0 N–H and O–H groups in total. The zero-order valence-corrected chi connectivity index (χ0v) is 15.4. The number of amides is 1. The summed E-state index contributed by atoms with van der Waals surface area (Å²) in [6.07, 6.45) is 5.71. The van der Waals surface area contributed by atoms with Gasteiger partial charge in [0.2, 0.25) is 5.91 Å². The number of ketones is 1. The first-order chi connectivity index (χ1) is 12.1. The Morgan fingerprint density at radius 2 is 1.96 bits per heavy atom. The van der Waals surface area contributed by atoms with Crippen LogP contribution in [0.1, 0.15) is 55.8 Å². The van der Waals surface area contributed by atoms with E-state index in [2.05, 4.69) is 11.8 Å². The first-order valence-electron chi connectivity index (χ1n) is 9.70. The van der Waals surface area contributed by atoms with E-state index in [1.807, 2.05) is 35.2 Å². The zero-order chi connectivity index (χ0) is 17.7. The Kier molecular flexibility index (Phi) is 5.89. The predicted molar refractivity (Wildman–Crippen MR) is 99.6 cm³/mol. The standard InChI is InChI=1S/C21H30N2O2/c1-2-23-17-21(13-11-20(23)25)12-7-15-22(16-21)14-6-10-19(24)18-8-4-3-5-9-18/h3-5,8-9H,2,6-7,10-17H2,1H3/t21-/m0/s1. The van der Waals surface area contributed by atoms with Crippen LogP contribution < -0.4 is 0 Å². The van der Waals surface area contributed by atoms with E-state index in [-0.39, 0.29) is 11.2 Å². The molecule has 0 radical (unpaired) electrons. The Labute approximate surface area is 151 Å². The van der Waals surface area contributed by atoms with Gasteiger partial charge in [0.25, 0.3) is 0 Å². The summed E-state index contributed by atoms with van der Waals surface area (Å²) < 4.78 is 0. The normalized spacial score (nSPS) is 24.7. The zero-order valence-electron chi connectivity index (χ0n) is 15.4. The molecule has 4 nitrogen and oxygen atoms in total. The molecule has 0 aromatic heterocycles. The third kappa shape index (κ3) is 4.49. The molecule has 1 spiro atoms. The van der Waals surface area contributed by atoms with Crippen LogP contribution >= 0.6 is 0 Å². The molecule has 0 unspecified atom stereocenters. The molecule has 136 valence electrons. The van der Waals surface area contributed by atoms with Gasteiger partial charge in [0.1, 0.15) is 0 Å². The van der Waals surface area contributed by atoms with Gasteiger partial charge in [-0.05, 0) is 45.7 Å². The lowest BCUT2D eigenvalue weighted by Crippen LogP contribution is -2.54. The molecule has 2 aliphatic heterocycles. The van der Waals surface area contributed by atoms with Crippen molar-refractivity contribution in [2.75, 3.05) is 32.7 Å². The molecular weight excluding hydrogens is 312 g/mol. The number of Topliss-reactive ketones (excluding diaryl/α,β-unsaturated/α-hetero) is 1. The van der Waals surface area contributed by atoms with Gasteiger partial charge in [-0.2, -0.15) is 0 Å². The van der Waals surface area contributed by atoms with Gasteiger partial charge in [0, 0.05) is 43.5 Å². The summed E-state index contributed by atoms with van der Waals surface area (Å²) in [6, 6.07) is 9.59. The fourth-order valence-electron chi connectivity index (χ4n) is 4.46. The number of benzene rings is 1. The van der Waals surface area contributed by atoms with Crippen LogP contribution in [0.15, 0.2) is 30.3 Å². The monoisotopic (exact) mass is 342 g/mol. The van der Waals surface area contributed by atoms with Crippen LogP contribution in [0.25, 0.3) is 0 Å². The second-order valence-corrected chi connectivity index (χ2v) is 7.68. The maximum Gasteiger partial charge on any atom is 0.222 e. The molecule has 4 heteroatoms. The van der Waals surface area contributed by atoms with Crippen LogP contribution in [0.2, 0.25) is 0 Å². The Hall–Kier alpha value is -1.68. The lowest BCUT2D eigenvalue weighted by molar-refractivity contribution is -0.139.